The second kappa shape index (κ2) is 4.09. The number of rotatable bonds is 1. The van der Waals surface area contributed by atoms with Gasteiger partial charge in [0.15, 0.2) is 0 Å². The van der Waals surface area contributed by atoms with E-state index >= 15 is 0 Å². The van der Waals surface area contributed by atoms with Crippen molar-refractivity contribution in [2.45, 2.75) is 39.8 Å². The van der Waals surface area contributed by atoms with Gasteiger partial charge in [-0.2, -0.15) is 0 Å². The second-order valence-electron chi connectivity index (χ2n) is 3.98. The van der Waals surface area contributed by atoms with Gasteiger partial charge in [0.1, 0.15) is 0 Å². The Balaban J connectivity index is 2.64. The summed E-state index contributed by atoms with van der Waals surface area (Å²) in [4.78, 5) is 15.7. The lowest BCUT2D eigenvalue weighted by molar-refractivity contribution is -0.136. The van der Waals surface area contributed by atoms with Crippen LogP contribution in [0.5, 0.6) is 0 Å². The van der Waals surface area contributed by atoms with Gasteiger partial charge in [0.05, 0.1) is 0 Å². The van der Waals surface area contributed by atoms with Crippen LogP contribution in [-0.4, -0.2) is 47.4 Å². The Labute approximate surface area is 80.7 Å². The van der Waals surface area contributed by atoms with Crippen LogP contribution in [0.3, 0.4) is 0 Å². The van der Waals surface area contributed by atoms with Gasteiger partial charge in [0, 0.05) is 32.1 Å². The van der Waals surface area contributed by atoms with Crippen LogP contribution in [-0.2, 0) is 4.79 Å². The standard InChI is InChI=1S/C10H20N2O/c1-5-11-6-8(2)12(10(4)13)9(3)7-11/h8-9H,5-7H2,1-4H3/t8-,9+. The first kappa shape index (κ1) is 10.5. The van der Waals surface area contributed by atoms with E-state index in [2.05, 4.69) is 25.7 Å². The predicted octanol–water partition coefficient (Wildman–Crippen LogP) is 0.947. The molecule has 1 amide bonds. The number of hydrogen-bond donors (Lipinski definition) is 0. The highest BCUT2D eigenvalue weighted by molar-refractivity contribution is 5.74. The van der Waals surface area contributed by atoms with Crippen LogP contribution in [0.25, 0.3) is 0 Å². The molecule has 1 aliphatic heterocycles. The lowest BCUT2D eigenvalue weighted by Gasteiger charge is -2.43. The molecule has 0 saturated carbocycles. The van der Waals surface area contributed by atoms with E-state index in [-0.39, 0.29) is 5.91 Å². The van der Waals surface area contributed by atoms with Crippen molar-refractivity contribution >= 4 is 5.91 Å². The number of carbonyl (C=O) groups is 1. The van der Waals surface area contributed by atoms with Crippen LogP contribution in [0.15, 0.2) is 0 Å². The van der Waals surface area contributed by atoms with Crippen LogP contribution in [0.1, 0.15) is 27.7 Å². The molecule has 0 spiro atoms. The summed E-state index contributed by atoms with van der Waals surface area (Å²) in [6.07, 6.45) is 0. The average molecular weight is 184 g/mol. The predicted molar refractivity (Wildman–Crippen MR) is 53.6 cm³/mol. The number of nitrogens with zero attached hydrogens (tertiary/aromatic N) is 2. The summed E-state index contributed by atoms with van der Waals surface area (Å²) >= 11 is 0. The first-order chi connectivity index (χ1) is 6.06. The molecule has 0 aromatic rings. The number of likely N-dealkylation sites (N-methyl/N-ethyl adjacent to an activating group) is 1. The van der Waals surface area contributed by atoms with Crippen molar-refractivity contribution in [3.8, 4) is 0 Å². The molecule has 1 heterocycles. The van der Waals surface area contributed by atoms with Crippen molar-refractivity contribution in [2.24, 2.45) is 0 Å². The van der Waals surface area contributed by atoms with Gasteiger partial charge in [0.2, 0.25) is 5.91 Å². The van der Waals surface area contributed by atoms with E-state index in [1.54, 1.807) is 6.92 Å². The maximum absolute atomic E-state index is 11.3. The monoisotopic (exact) mass is 184 g/mol. The van der Waals surface area contributed by atoms with Gasteiger partial charge in [0.25, 0.3) is 0 Å². The molecular formula is C10H20N2O. The SMILES string of the molecule is CCN1C[C@@H](C)N(C(C)=O)[C@@H](C)C1. The van der Waals surface area contributed by atoms with Crippen LogP contribution in [0.4, 0.5) is 0 Å². The number of piperazine rings is 1. The van der Waals surface area contributed by atoms with Crippen LogP contribution in [0, 0.1) is 0 Å². The molecule has 1 saturated heterocycles. The van der Waals surface area contributed by atoms with E-state index < -0.39 is 0 Å². The fraction of sp³-hybridized carbons (Fsp3) is 0.900. The Morgan fingerprint density at radius 1 is 1.31 bits per heavy atom. The van der Waals surface area contributed by atoms with E-state index in [0.29, 0.717) is 12.1 Å². The molecular weight excluding hydrogens is 164 g/mol. The molecule has 0 aliphatic carbocycles. The normalized spacial score (nSPS) is 30.6. The molecule has 0 aromatic heterocycles. The number of carbonyl (C=O) groups excluding carboxylic acids is 1. The molecule has 2 atom stereocenters. The van der Waals surface area contributed by atoms with Gasteiger partial charge in [-0.1, -0.05) is 6.92 Å². The van der Waals surface area contributed by atoms with Crippen LogP contribution < -0.4 is 0 Å². The molecule has 0 N–H and O–H groups in total. The second-order valence-corrected chi connectivity index (χ2v) is 3.98. The molecule has 0 radical (unpaired) electrons. The zero-order valence-corrected chi connectivity index (χ0v) is 9.08. The maximum Gasteiger partial charge on any atom is 0.220 e. The summed E-state index contributed by atoms with van der Waals surface area (Å²) in [7, 11) is 0. The van der Waals surface area contributed by atoms with E-state index in [0.717, 1.165) is 19.6 Å². The molecule has 0 aromatic carbocycles. The summed E-state index contributed by atoms with van der Waals surface area (Å²) in [6, 6.07) is 0.724. The molecule has 3 heteroatoms. The van der Waals surface area contributed by atoms with Gasteiger partial charge < -0.3 is 4.90 Å². The van der Waals surface area contributed by atoms with Crippen molar-refractivity contribution in [1.82, 2.24) is 9.80 Å². The number of amides is 1. The topological polar surface area (TPSA) is 23.6 Å². The Hall–Kier alpha value is -0.570. The van der Waals surface area contributed by atoms with Crippen molar-refractivity contribution in [3.05, 3.63) is 0 Å². The third-order valence-electron chi connectivity index (χ3n) is 2.81. The van der Waals surface area contributed by atoms with Crippen molar-refractivity contribution in [2.75, 3.05) is 19.6 Å². The third kappa shape index (κ3) is 2.21. The van der Waals surface area contributed by atoms with Gasteiger partial charge in [-0.05, 0) is 20.4 Å². The molecule has 1 aliphatic rings. The minimum Gasteiger partial charge on any atom is -0.335 e. The zero-order chi connectivity index (χ0) is 10.0. The summed E-state index contributed by atoms with van der Waals surface area (Å²) in [6.45, 7) is 11.2. The van der Waals surface area contributed by atoms with Crippen LogP contribution in [0.2, 0.25) is 0 Å². The highest BCUT2D eigenvalue weighted by Crippen LogP contribution is 2.15. The quantitative estimate of drug-likeness (QED) is 0.605. The summed E-state index contributed by atoms with van der Waals surface area (Å²) in [5, 5.41) is 0. The van der Waals surface area contributed by atoms with Crippen molar-refractivity contribution in [1.29, 1.82) is 0 Å². The van der Waals surface area contributed by atoms with Crippen molar-refractivity contribution < 1.29 is 4.79 Å². The smallest absolute Gasteiger partial charge is 0.220 e. The molecule has 3 nitrogen and oxygen atoms in total. The Bertz CT molecular complexity index is 181. The third-order valence-corrected chi connectivity index (χ3v) is 2.81. The Kier molecular flexibility index (Phi) is 3.31. The molecule has 0 unspecified atom stereocenters. The maximum atomic E-state index is 11.3. The number of hydrogen-bond acceptors (Lipinski definition) is 2. The minimum absolute atomic E-state index is 0.204. The summed E-state index contributed by atoms with van der Waals surface area (Å²) < 4.78 is 0. The highest BCUT2D eigenvalue weighted by Gasteiger charge is 2.29. The van der Waals surface area contributed by atoms with Gasteiger partial charge >= 0.3 is 0 Å². The zero-order valence-electron chi connectivity index (χ0n) is 9.08. The average Bonchev–Trinajstić information content (AvgIpc) is 2.02. The lowest BCUT2D eigenvalue weighted by Crippen LogP contribution is -2.57. The molecule has 0 bridgehead atoms. The van der Waals surface area contributed by atoms with E-state index in [4.69, 9.17) is 0 Å². The van der Waals surface area contributed by atoms with E-state index in [9.17, 15) is 4.79 Å². The molecule has 13 heavy (non-hydrogen) atoms. The molecule has 1 rings (SSSR count). The van der Waals surface area contributed by atoms with Crippen molar-refractivity contribution in [3.63, 3.8) is 0 Å². The fourth-order valence-corrected chi connectivity index (χ4v) is 2.31. The molecule has 1 fully saturated rings. The minimum atomic E-state index is 0.204. The Morgan fingerprint density at radius 3 is 2.08 bits per heavy atom. The lowest BCUT2D eigenvalue weighted by atomic mass is 10.1. The van der Waals surface area contributed by atoms with Gasteiger partial charge in [-0.3, -0.25) is 9.69 Å². The largest absolute Gasteiger partial charge is 0.335 e. The van der Waals surface area contributed by atoms with Gasteiger partial charge in [-0.15, -0.1) is 0 Å². The van der Waals surface area contributed by atoms with Crippen LogP contribution >= 0.6 is 0 Å². The van der Waals surface area contributed by atoms with E-state index in [1.807, 2.05) is 4.90 Å². The first-order valence-electron chi connectivity index (χ1n) is 5.07. The fourth-order valence-electron chi connectivity index (χ4n) is 2.31. The summed E-state index contributed by atoms with van der Waals surface area (Å²) in [5.41, 5.74) is 0. The highest BCUT2D eigenvalue weighted by atomic mass is 16.2. The summed E-state index contributed by atoms with van der Waals surface area (Å²) in [5.74, 6) is 0.204. The molecule has 76 valence electrons. The van der Waals surface area contributed by atoms with Gasteiger partial charge in [-0.25, -0.2) is 0 Å². The van der Waals surface area contributed by atoms with E-state index in [1.165, 1.54) is 0 Å². The first-order valence-corrected chi connectivity index (χ1v) is 5.07. The Morgan fingerprint density at radius 2 is 1.77 bits per heavy atom.